The molecule has 4 rings (SSSR count). The summed E-state index contributed by atoms with van der Waals surface area (Å²) in [5.74, 6) is -2.07. The van der Waals surface area contributed by atoms with Crippen LogP contribution in [0.25, 0.3) is 0 Å². The minimum atomic E-state index is -3.49. The number of carbonyl (C=O) groups is 4. The van der Waals surface area contributed by atoms with Gasteiger partial charge in [-0.05, 0) is 41.3 Å². The Morgan fingerprint density at radius 2 is 1.85 bits per heavy atom. The Hall–Kier alpha value is -5.30. The Morgan fingerprint density at radius 3 is 2.53 bits per heavy atom. The molecule has 47 heavy (non-hydrogen) atoms. The van der Waals surface area contributed by atoms with Crippen LogP contribution in [-0.4, -0.2) is 64.4 Å². The molecule has 0 spiro atoms. The fourth-order valence-electron chi connectivity index (χ4n) is 4.85. The number of phenols is 1. The Bertz CT molecular complexity index is 1660. The highest BCUT2D eigenvalue weighted by Crippen LogP contribution is 2.56. The summed E-state index contributed by atoms with van der Waals surface area (Å²) in [6.45, 7) is 0.149. The van der Waals surface area contributed by atoms with E-state index in [1.54, 1.807) is 30.3 Å². The summed E-state index contributed by atoms with van der Waals surface area (Å²) < 4.78 is 38.4. The Kier molecular flexibility index (Phi) is 11.6. The van der Waals surface area contributed by atoms with E-state index in [0.29, 0.717) is 12.0 Å². The molecule has 3 amide bonds. The van der Waals surface area contributed by atoms with Crippen LogP contribution in [0.5, 0.6) is 11.5 Å². The number of nitriles is 1. The van der Waals surface area contributed by atoms with Crippen molar-refractivity contribution in [2.45, 2.75) is 37.2 Å². The second-order valence-electron chi connectivity index (χ2n) is 10.4. The topological polar surface area (TPSA) is 217 Å². The molecule has 0 radical (unpaired) electrons. The fraction of sp³-hybridized carbons (Fsp3) is 0.281. The van der Waals surface area contributed by atoms with Gasteiger partial charge in [-0.3, -0.25) is 23.4 Å². The molecule has 0 saturated carbocycles. The normalized spacial score (nSPS) is 16.1. The molecular formula is C32H34N4O10S. The largest absolute Gasteiger partial charge is 0.507 e. The van der Waals surface area contributed by atoms with E-state index in [0.717, 1.165) is 5.56 Å². The maximum Gasteiger partial charge on any atom is 0.408 e. The third-order valence-electron chi connectivity index (χ3n) is 7.15. The van der Waals surface area contributed by atoms with Gasteiger partial charge in [0.1, 0.15) is 35.0 Å². The first-order valence-corrected chi connectivity index (χ1v) is 16.0. The minimum absolute atomic E-state index is 0.0330. The smallest absolute Gasteiger partial charge is 0.408 e. The first-order chi connectivity index (χ1) is 22.5. The quantitative estimate of drug-likeness (QED) is 0.114. The van der Waals surface area contributed by atoms with Crippen molar-refractivity contribution >= 4 is 34.7 Å². The molecule has 0 bridgehead atoms. The van der Waals surface area contributed by atoms with E-state index in [9.17, 15) is 38.7 Å². The maximum atomic E-state index is 13.3. The molecule has 1 fully saturated rings. The van der Waals surface area contributed by atoms with Crippen LogP contribution in [0.1, 0.15) is 50.7 Å². The van der Waals surface area contributed by atoms with Crippen LogP contribution in [0.4, 0.5) is 4.79 Å². The highest BCUT2D eigenvalue weighted by atomic mass is 32.3. The van der Waals surface area contributed by atoms with Crippen molar-refractivity contribution in [2.24, 2.45) is 0 Å². The van der Waals surface area contributed by atoms with Gasteiger partial charge in [-0.1, -0.05) is 48.5 Å². The number of ether oxygens (including phenoxy) is 3. The number of amides is 3. The molecule has 0 aliphatic carbocycles. The summed E-state index contributed by atoms with van der Waals surface area (Å²) in [5, 5.41) is 24.1. The van der Waals surface area contributed by atoms with Gasteiger partial charge in [-0.25, -0.2) is 9.59 Å². The molecule has 3 aromatic carbocycles. The van der Waals surface area contributed by atoms with Crippen LogP contribution in [0, 0.1) is 11.3 Å². The molecule has 15 heteroatoms. The van der Waals surface area contributed by atoms with Crippen LogP contribution >= 0.6 is 10.8 Å². The molecule has 248 valence electrons. The van der Waals surface area contributed by atoms with E-state index in [1.165, 1.54) is 37.4 Å². The van der Waals surface area contributed by atoms with Gasteiger partial charge in [-0.15, -0.1) is 10.8 Å². The third kappa shape index (κ3) is 9.13. The van der Waals surface area contributed by atoms with Crippen LogP contribution in [-0.2, 0) is 32.1 Å². The molecule has 1 aliphatic rings. The van der Waals surface area contributed by atoms with Crippen LogP contribution in [0.3, 0.4) is 0 Å². The second kappa shape index (κ2) is 15.8. The van der Waals surface area contributed by atoms with Crippen molar-refractivity contribution < 1.29 is 47.6 Å². The van der Waals surface area contributed by atoms with E-state index in [2.05, 4.69) is 15.4 Å². The minimum Gasteiger partial charge on any atom is -0.507 e. The number of alkyl carbamates (subject to hydrolysis) is 1. The van der Waals surface area contributed by atoms with Gasteiger partial charge in [0.25, 0.3) is 0 Å². The Labute approximate surface area is 272 Å². The van der Waals surface area contributed by atoms with Gasteiger partial charge in [0, 0.05) is 13.0 Å². The first-order valence-electron chi connectivity index (χ1n) is 14.4. The van der Waals surface area contributed by atoms with E-state index < -0.39 is 45.9 Å². The second-order valence-corrected chi connectivity index (χ2v) is 12.4. The average molecular weight is 667 g/mol. The predicted octanol–water partition coefficient (Wildman–Crippen LogP) is 3.70. The number of hydrogen-bond acceptors (Lipinski definition) is 11. The van der Waals surface area contributed by atoms with E-state index in [-0.39, 0.29) is 60.8 Å². The molecule has 0 aromatic heterocycles. The van der Waals surface area contributed by atoms with Crippen LogP contribution in [0.2, 0.25) is 0 Å². The lowest BCUT2D eigenvalue weighted by molar-refractivity contribution is -0.123. The van der Waals surface area contributed by atoms with Gasteiger partial charge in [0.05, 0.1) is 31.8 Å². The van der Waals surface area contributed by atoms with E-state index >= 15 is 0 Å². The lowest BCUT2D eigenvalue weighted by atomic mass is 9.97. The van der Waals surface area contributed by atoms with Crippen molar-refractivity contribution in [3.8, 4) is 17.6 Å². The van der Waals surface area contributed by atoms with Gasteiger partial charge >= 0.3 is 12.1 Å². The molecular weight excluding hydrogens is 632 g/mol. The van der Waals surface area contributed by atoms with Crippen molar-refractivity contribution in [1.29, 1.82) is 5.26 Å². The van der Waals surface area contributed by atoms with E-state index in [1.807, 2.05) is 12.1 Å². The number of hydrogen-bond donors (Lipinski definition) is 6. The number of benzene rings is 3. The lowest BCUT2D eigenvalue weighted by Gasteiger charge is -2.33. The van der Waals surface area contributed by atoms with E-state index in [4.69, 9.17) is 14.2 Å². The molecule has 6 N–H and O–H groups in total. The first kappa shape index (κ1) is 34.6. The summed E-state index contributed by atoms with van der Waals surface area (Å²) in [7, 11) is -2.32. The summed E-state index contributed by atoms with van der Waals surface area (Å²) in [6, 6.07) is 18.7. The number of methoxy groups -OCH3 is 1. The maximum absolute atomic E-state index is 13.3. The van der Waals surface area contributed by atoms with Gasteiger partial charge < -0.3 is 30.0 Å². The Morgan fingerprint density at radius 1 is 1.09 bits per heavy atom. The standard InChI is InChI=1S/C32H34N4O10S/c1-44-31(40)29-25(37)9-5-10-26(29)45-14-6-13-34-30(39)24(35-32(41)46-19-20-7-3-2-4-8-20)16-21-11-12-23(22(15-21)18-33)27-17-28(38)36-47(27,42)43/h2-5,7-12,15,24,27,37,42-43H,6,13-14,16-17,19H2,1H3,(H,34,39)(H,35,41)(H,36,38)/t24-,27?/m0/s1. The molecule has 1 aliphatic heterocycles. The highest BCUT2D eigenvalue weighted by Gasteiger charge is 2.39. The third-order valence-corrected chi connectivity index (χ3v) is 8.89. The molecule has 2 atom stereocenters. The number of nitrogens with zero attached hydrogens (tertiary/aromatic N) is 1. The SMILES string of the molecule is COC(=O)c1c(O)cccc1OCCCNC(=O)[C@H](Cc1ccc(C2CC(=O)NS2(O)O)c(C#N)c1)NC(=O)OCc1ccccc1. The highest BCUT2D eigenvalue weighted by molar-refractivity contribution is 8.23. The monoisotopic (exact) mass is 666 g/mol. The van der Waals surface area contributed by atoms with Gasteiger partial charge in [0.2, 0.25) is 11.8 Å². The summed E-state index contributed by atoms with van der Waals surface area (Å²) >= 11 is 0. The number of esters is 1. The van der Waals surface area contributed by atoms with Gasteiger partial charge in [-0.2, -0.15) is 5.26 Å². The van der Waals surface area contributed by atoms with Crippen molar-refractivity contribution in [1.82, 2.24) is 15.4 Å². The number of carbonyl (C=O) groups excluding carboxylic acids is 4. The molecule has 14 nitrogen and oxygen atoms in total. The number of rotatable bonds is 13. The van der Waals surface area contributed by atoms with Crippen molar-refractivity contribution in [2.75, 3.05) is 20.3 Å². The summed E-state index contributed by atoms with van der Waals surface area (Å²) in [6.07, 6.45) is -0.809. The average Bonchev–Trinajstić information content (AvgIpc) is 3.34. The zero-order valence-corrected chi connectivity index (χ0v) is 26.1. The number of aromatic hydroxyl groups is 1. The van der Waals surface area contributed by atoms with Crippen LogP contribution < -0.4 is 20.1 Å². The van der Waals surface area contributed by atoms with Gasteiger partial charge in [0.15, 0.2) is 0 Å². The summed E-state index contributed by atoms with van der Waals surface area (Å²) in [4.78, 5) is 49.8. The Balaban J connectivity index is 1.42. The fourth-order valence-corrected chi connectivity index (χ4v) is 6.35. The predicted molar refractivity (Wildman–Crippen MR) is 169 cm³/mol. The zero-order chi connectivity index (χ0) is 34.0. The number of phenolic OH excluding ortho intramolecular Hbond substituents is 1. The van der Waals surface area contributed by atoms with Crippen LogP contribution in [0.15, 0.2) is 66.7 Å². The number of nitrogens with one attached hydrogen (secondary N) is 3. The molecule has 1 heterocycles. The molecule has 3 aromatic rings. The summed E-state index contributed by atoms with van der Waals surface area (Å²) in [5.41, 5.74) is 1.45. The zero-order valence-electron chi connectivity index (χ0n) is 25.3. The molecule has 1 saturated heterocycles. The van der Waals surface area contributed by atoms with Crippen molar-refractivity contribution in [3.05, 3.63) is 94.5 Å². The molecule has 1 unspecified atom stereocenters. The van der Waals surface area contributed by atoms with Crippen molar-refractivity contribution in [3.63, 3.8) is 0 Å². The lowest BCUT2D eigenvalue weighted by Crippen LogP contribution is -2.48.